The van der Waals surface area contributed by atoms with E-state index in [1.165, 1.54) is 25.0 Å². The van der Waals surface area contributed by atoms with E-state index in [4.69, 9.17) is 16.6 Å². The van der Waals surface area contributed by atoms with E-state index >= 15 is 0 Å². The van der Waals surface area contributed by atoms with Crippen LogP contribution in [0.1, 0.15) is 25.7 Å². The molecule has 6 nitrogen and oxygen atoms in total. The normalized spacial score (nSPS) is 14.6. The maximum Gasteiger partial charge on any atom is 0.224 e. The van der Waals surface area contributed by atoms with Crippen molar-refractivity contribution in [3.8, 4) is 17.2 Å². The first-order chi connectivity index (χ1) is 14.2. The Bertz CT molecular complexity index is 1170. The van der Waals surface area contributed by atoms with Crippen molar-refractivity contribution in [1.82, 2.24) is 24.5 Å². The Morgan fingerprint density at radius 1 is 0.966 bits per heavy atom. The number of nitrogens with one attached hydrogen (secondary N) is 1. The highest BCUT2D eigenvalue weighted by atomic mass is 35.5. The van der Waals surface area contributed by atoms with Gasteiger partial charge in [-0.3, -0.25) is 4.57 Å². The third-order valence-corrected chi connectivity index (χ3v) is 5.36. The zero-order valence-corrected chi connectivity index (χ0v) is 16.3. The maximum atomic E-state index is 13.4. The van der Waals surface area contributed by atoms with Crippen molar-refractivity contribution in [3.05, 3.63) is 59.6 Å². The van der Waals surface area contributed by atoms with Crippen LogP contribution in [0.15, 0.2) is 48.7 Å². The van der Waals surface area contributed by atoms with Crippen molar-refractivity contribution >= 4 is 28.7 Å². The van der Waals surface area contributed by atoms with Crippen LogP contribution >= 0.6 is 11.6 Å². The van der Waals surface area contributed by atoms with Crippen LogP contribution in [0.2, 0.25) is 5.15 Å². The molecule has 0 atom stereocenters. The first kappa shape index (κ1) is 18.0. The van der Waals surface area contributed by atoms with Crippen LogP contribution in [0.5, 0.6) is 0 Å². The molecule has 0 saturated heterocycles. The second kappa shape index (κ2) is 7.40. The lowest BCUT2D eigenvalue weighted by Gasteiger charge is -2.13. The summed E-state index contributed by atoms with van der Waals surface area (Å²) in [5, 5.41) is 3.79. The van der Waals surface area contributed by atoms with Crippen molar-refractivity contribution in [3.63, 3.8) is 0 Å². The van der Waals surface area contributed by atoms with Gasteiger partial charge in [0.25, 0.3) is 0 Å². The topological polar surface area (TPSA) is 68.5 Å². The Labute approximate surface area is 171 Å². The highest BCUT2D eigenvalue weighted by Gasteiger charge is 2.19. The molecule has 1 N–H and O–H groups in total. The number of halogens is 2. The molecule has 8 heteroatoms. The fraction of sp³-hybridized carbons (Fsp3) is 0.238. The number of rotatable bonds is 4. The van der Waals surface area contributed by atoms with Crippen LogP contribution in [0.25, 0.3) is 28.4 Å². The number of nitrogens with zero attached hydrogens (tertiary/aromatic N) is 5. The summed E-state index contributed by atoms with van der Waals surface area (Å²) in [7, 11) is 0. The Hall–Kier alpha value is -3.06. The van der Waals surface area contributed by atoms with Crippen molar-refractivity contribution in [1.29, 1.82) is 0 Å². The van der Waals surface area contributed by atoms with Crippen LogP contribution in [0.3, 0.4) is 0 Å². The predicted octanol–water partition coefficient (Wildman–Crippen LogP) is 5.02. The molecule has 0 radical (unpaired) electrons. The SMILES string of the molecule is Fc1ccc(-c2nc3nc(Cl)ccc3n2-c2ccnc(NC3CCCC3)n2)cc1. The molecule has 146 valence electrons. The average molecular weight is 409 g/mol. The molecule has 29 heavy (non-hydrogen) atoms. The van der Waals surface area contributed by atoms with E-state index in [2.05, 4.69) is 20.3 Å². The fourth-order valence-electron chi connectivity index (χ4n) is 3.76. The summed E-state index contributed by atoms with van der Waals surface area (Å²) >= 11 is 6.07. The van der Waals surface area contributed by atoms with E-state index < -0.39 is 0 Å². The van der Waals surface area contributed by atoms with Crippen LogP contribution in [0.4, 0.5) is 10.3 Å². The van der Waals surface area contributed by atoms with E-state index in [9.17, 15) is 4.39 Å². The summed E-state index contributed by atoms with van der Waals surface area (Å²) in [6.07, 6.45) is 6.44. The number of fused-ring (bicyclic) bond motifs is 1. The third kappa shape index (κ3) is 3.53. The van der Waals surface area contributed by atoms with Gasteiger partial charge in [-0.15, -0.1) is 0 Å². The number of benzene rings is 1. The van der Waals surface area contributed by atoms with E-state index in [-0.39, 0.29) is 5.82 Å². The van der Waals surface area contributed by atoms with Gasteiger partial charge in [-0.05, 0) is 55.3 Å². The molecule has 1 aliphatic rings. The van der Waals surface area contributed by atoms with Gasteiger partial charge >= 0.3 is 0 Å². The van der Waals surface area contributed by atoms with Gasteiger partial charge in [-0.2, -0.15) is 4.98 Å². The largest absolute Gasteiger partial charge is 0.351 e. The van der Waals surface area contributed by atoms with E-state index in [0.29, 0.717) is 34.4 Å². The molecule has 1 saturated carbocycles. The molecular formula is C21H18ClFN6. The first-order valence-corrected chi connectivity index (χ1v) is 9.96. The fourth-order valence-corrected chi connectivity index (χ4v) is 3.90. The van der Waals surface area contributed by atoms with Gasteiger partial charge in [0.2, 0.25) is 5.95 Å². The van der Waals surface area contributed by atoms with Crippen molar-refractivity contribution in [2.45, 2.75) is 31.7 Å². The second-order valence-corrected chi connectivity index (χ2v) is 7.51. The smallest absolute Gasteiger partial charge is 0.224 e. The zero-order valence-electron chi connectivity index (χ0n) is 15.5. The van der Waals surface area contributed by atoms with E-state index in [1.54, 1.807) is 24.4 Å². The summed E-state index contributed by atoms with van der Waals surface area (Å²) in [6.45, 7) is 0. The number of hydrogen-bond acceptors (Lipinski definition) is 5. The van der Waals surface area contributed by atoms with Gasteiger partial charge in [0, 0.05) is 17.8 Å². The van der Waals surface area contributed by atoms with Crippen LogP contribution in [-0.2, 0) is 0 Å². The van der Waals surface area contributed by atoms with Gasteiger partial charge in [0.05, 0.1) is 5.52 Å². The van der Waals surface area contributed by atoms with E-state index in [1.807, 2.05) is 16.7 Å². The molecule has 1 aromatic carbocycles. The minimum absolute atomic E-state index is 0.303. The average Bonchev–Trinajstić information content (AvgIpc) is 3.36. The van der Waals surface area contributed by atoms with Gasteiger partial charge in [-0.25, -0.2) is 19.3 Å². The standard InChI is InChI=1S/C21H18ClFN6/c22-17-10-9-16-19(26-17)28-20(13-5-7-14(23)8-6-13)29(16)18-11-12-24-21(27-18)25-15-3-1-2-4-15/h5-12,15H,1-4H2,(H,24,25,27). The molecule has 5 rings (SSSR count). The van der Waals surface area contributed by atoms with Crippen LogP contribution in [0, 0.1) is 5.82 Å². The molecule has 1 fully saturated rings. The molecule has 1 aliphatic carbocycles. The summed E-state index contributed by atoms with van der Waals surface area (Å²) in [5.74, 6) is 1.55. The second-order valence-electron chi connectivity index (χ2n) is 7.12. The molecule has 0 amide bonds. The highest BCUT2D eigenvalue weighted by molar-refractivity contribution is 6.29. The molecular weight excluding hydrogens is 391 g/mol. The Morgan fingerprint density at radius 3 is 2.55 bits per heavy atom. The number of pyridine rings is 1. The Morgan fingerprint density at radius 2 is 1.76 bits per heavy atom. The van der Waals surface area contributed by atoms with Crippen molar-refractivity contribution in [2.75, 3.05) is 5.32 Å². The first-order valence-electron chi connectivity index (χ1n) is 9.58. The molecule has 3 aromatic heterocycles. The highest BCUT2D eigenvalue weighted by Crippen LogP contribution is 2.29. The molecule has 3 heterocycles. The summed E-state index contributed by atoms with van der Waals surface area (Å²) in [5.41, 5.74) is 2.02. The number of anilines is 1. The molecule has 0 spiro atoms. The monoisotopic (exact) mass is 408 g/mol. The lowest BCUT2D eigenvalue weighted by atomic mass is 10.2. The minimum atomic E-state index is -0.303. The zero-order chi connectivity index (χ0) is 19.8. The van der Waals surface area contributed by atoms with Gasteiger partial charge in [0.15, 0.2) is 5.65 Å². The minimum Gasteiger partial charge on any atom is -0.351 e. The van der Waals surface area contributed by atoms with Gasteiger partial charge in [0.1, 0.15) is 22.6 Å². The third-order valence-electron chi connectivity index (χ3n) is 5.15. The molecule has 0 aliphatic heterocycles. The van der Waals surface area contributed by atoms with Gasteiger partial charge in [-0.1, -0.05) is 24.4 Å². The number of aromatic nitrogens is 5. The maximum absolute atomic E-state index is 13.4. The van der Waals surface area contributed by atoms with Crippen molar-refractivity contribution < 1.29 is 4.39 Å². The number of imidazole rings is 1. The lowest BCUT2D eigenvalue weighted by Crippen LogP contribution is -2.17. The Kier molecular flexibility index (Phi) is 4.60. The molecule has 0 bridgehead atoms. The van der Waals surface area contributed by atoms with E-state index in [0.717, 1.165) is 23.9 Å². The molecule has 4 aromatic rings. The van der Waals surface area contributed by atoms with Crippen LogP contribution in [-0.4, -0.2) is 30.5 Å². The quantitative estimate of drug-likeness (QED) is 0.480. The Balaban J connectivity index is 1.65. The summed E-state index contributed by atoms with van der Waals surface area (Å²) < 4.78 is 15.3. The lowest BCUT2D eigenvalue weighted by molar-refractivity contribution is 0.628. The van der Waals surface area contributed by atoms with Gasteiger partial charge < -0.3 is 5.32 Å². The van der Waals surface area contributed by atoms with Crippen LogP contribution < -0.4 is 5.32 Å². The summed E-state index contributed by atoms with van der Waals surface area (Å²) in [6, 6.07) is 12.0. The van der Waals surface area contributed by atoms with Crippen molar-refractivity contribution in [2.24, 2.45) is 0 Å². The predicted molar refractivity (Wildman–Crippen MR) is 111 cm³/mol. The summed E-state index contributed by atoms with van der Waals surface area (Å²) in [4.78, 5) is 18.1. The number of hydrogen-bond donors (Lipinski definition) is 1. The molecule has 0 unspecified atom stereocenters.